The second-order valence-corrected chi connectivity index (χ2v) is 12.3. The summed E-state index contributed by atoms with van der Waals surface area (Å²) in [5.74, 6) is -0.231. The molecule has 4 rings (SSSR count). The number of aliphatic hydroxyl groups excluding tert-OH is 1. The molecule has 2 aromatic heterocycles. The highest BCUT2D eigenvalue weighted by atomic mass is 32.1. The lowest BCUT2D eigenvalue weighted by Crippen LogP contribution is -2.48. The zero-order valence-electron chi connectivity index (χ0n) is 21.3. The molecule has 2 aliphatic rings. The van der Waals surface area contributed by atoms with Crippen molar-refractivity contribution in [3.8, 4) is 0 Å². The van der Waals surface area contributed by atoms with E-state index in [4.69, 9.17) is 25.0 Å². The van der Waals surface area contributed by atoms with Crippen molar-refractivity contribution in [3.63, 3.8) is 0 Å². The summed E-state index contributed by atoms with van der Waals surface area (Å²) in [6.07, 6.45) is -2.70. The van der Waals surface area contributed by atoms with Gasteiger partial charge in [-0.25, -0.2) is 18.9 Å². The van der Waals surface area contributed by atoms with Crippen LogP contribution in [0, 0.1) is 0 Å². The number of fused-ring (bicyclic) bond motifs is 1. The lowest BCUT2D eigenvalue weighted by molar-refractivity contribution is -0.121. The van der Waals surface area contributed by atoms with Crippen LogP contribution in [0.5, 0.6) is 0 Å². The number of phosphoric acid groups is 2. The monoisotopic (exact) mass is 655 g/mol. The number of aromatic nitrogens is 4. The predicted octanol–water partition coefficient (Wildman–Crippen LogP) is -1.28. The predicted molar refractivity (Wildman–Crippen MR) is 143 cm³/mol. The van der Waals surface area contributed by atoms with Gasteiger partial charge in [0.05, 0.1) is 19.0 Å². The summed E-state index contributed by atoms with van der Waals surface area (Å²) in [5.41, 5.74) is 4.62. The van der Waals surface area contributed by atoms with Gasteiger partial charge in [-0.05, 0) is 12.2 Å². The Kier molecular flexibility index (Phi) is 9.78. The SMILES string of the molecule is Nc1nc2c(ncn2[C@@H]2O[C@H](COP(=O)(O)OP(=O)(O)O)[C@@H](OC(=O)N3C=CC[C@H](NC(=O)CCS)C3)[C@H]2O)c(=O)[nH]1. The first kappa shape index (κ1) is 32.1. The molecule has 1 fully saturated rings. The second-order valence-electron chi connectivity index (χ2n) is 9.03. The van der Waals surface area contributed by atoms with E-state index in [1.807, 2.05) is 0 Å². The zero-order chi connectivity index (χ0) is 30.8. The van der Waals surface area contributed by atoms with E-state index in [2.05, 4.69) is 41.7 Å². The molecule has 8 N–H and O–H groups in total. The van der Waals surface area contributed by atoms with Crippen LogP contribution in [0.2, 0.25) is 0 Å². The van der Waals surface area contributed by atoms with Crippen LogP contribution in [-0.2, 0) is 32.2 Å². The van der Waals surface area contributed by atoms with Crippen LogP contribution in [0.25, 0.3) is 11.2 Å². The third kappa shape index (κ3) is 7.75. The molecule has 0 saturated carbocycles. The normalized spacial score (nSPS) is 25.8. The molecule has 232 valence electrons. The lowest BCUT2D eigenvalue weighted by atomic mass is 10.1. The topological polar surface area (TPSA) is 291 Å². The minimum atomic E-state index is -5.45. The van der Waals surface area contributed by atoms with E-state index >= 15 is 0 Å². The molecule has 0 bridgehead atoms. The lowest BCUT2D eigenvalue weighted by Gasteiger charge is -2.30. The molecule has 20 nitrogen and oxygen atoms in total. The quantitative estimate of drug-likeness (QED) is 0.109. The molecule has 4 heterocycles. The van der Waals surface area contributed by atoms with Crippen LogP contribution < -0.4 is 16.6 Å². The Morgan fingerprint density at radius 3 is 2.74 bits per heavy atom. The number of aromatic amines is 1. The van der Waals surface area contributed by atoms with Gasteiger partial charge in [0.15, 0.2) is 23.5 Å². The first-order valence-corrected chi connectivity index (χ1v) is 15.7. The molecule has 42 heavy (non-hydrogen) atoms. The van der Waals surface area contributed by atoms with Crippen molar-refractivity contribution >= 4 is 57.4 Å². The van der Waals surface area contributed by atoms with Crippen molar-refractivity contribution in [2.45, 2.75) is 43.4 Å². The number of thiol groups is 1. The van der Waals surface area contributed by atoms with Gasteiger partial charge in [0.1, 0.15) is 12.2 Å². The Morgan fingerprint density at radius 1 is 1.31 bits per heavy atom. The van der Waals surface area contributed by atoms with E-state index in [1.165, 1.54) is 6.20 Å². The molecule has 0 spiro atoms. The Hall–Kier alpha value is -2.84. The highest BCUT2D eigenvalue weighted by molar-refractivity contribution is 7.80. The number of imidazole rings is 1. The summed E-state index contributed by atoms with van der Waals surface area (Å²) < 4.78 is 43.8. The summed E-state index contributed by atoms with van der Waals surface area (Å²) in [4.78, 5) is 75.9. The van der Waals surface area contributed by atoms with Crippen molar-refractivity contribution in [1.82, 2.24) is 29.7 Å². The Balaban J connectivity index is 1.56. The van der Waals surface area contributed by atoms with Crippen molar-refractivity contribution in [2.24, 2.45) is 0 Å². The Morgan fingerprint density at radius 2 is 2.05 bits per heavy atom. The number of hydrogen-bond acceptors (Lipinski definition) is 14. The highest BCUT2D eigenvalue weighted by Gasteiger charge is 2.49. The number of anilines is 1. The second kappa shape index (κ2) is 12.8. The molecule has 23 heteroatoms. The van der Waals surface area contributed by atoms with Gasteiger partial charge in [-0.2, -0.15) is 21.9 Å². The average Bonchev–Trinajstić information content (AvgIpc) is 3.42. The van der Waals surface area contributed by atoms with Crippen molar-refractivity contribution < 1.29 is 56.8 Å². The molecule has 2 aliphatic heterocycles. The van der Waals surface area contributed by atoms with Crippen LogP contribution >= 0.6 is 28.3 Å². The first-order chi connectivity index (χ1) is 19.7. The minimum absolute atomic E-state index is 0.00200. The van der Waals surface area contributed by atoms with Crippen LogP contribution in [0.15, 0.2) is 23.4 Å². The number of carbonyl (C=O) groups is 2. The maximum absolute atomic E-state index is 13.1. The fourth-order valence-corrected chi connectivity index (χ4v) is 6.04. The largest absolute Gasteiger partial charge is 0.481 e. The third-order valence-corrected chi connectivity index (χ3v) is 8.32. The number of aliphatic hydroxyl groups is 1. The number of amides is 2. The number of nitrogen functional groups attached to an aromatic ring is 1. The first-order valence-electron chi connectivity index (χ1n) is 12.0. The van der Waals surface area contributed by atoms with Gasteiger partial charge in [0.2, 0.25) is 11.9 Å². The fraction of sp³-hybridized carbons (Fsp3) is 0.526. The number of carbonyl (C=O) groups excluding carboxylic acids is 2. The van der Waals surface area contributed by atoms with Crippen molar-refractivity contribution in [3.05, 3.63) is 29.0 Å². The van der Waals surface area contributed by atoms with Gasteiger partial charge in [-0.1, -0.05) is 6.08 Å². The van der Waals surface area contributed by atoms with E-state index in [0.717, 1.165) is 15.8 Å². The number of nitrogens with two attached hydrogens (primary N) is 1. The van der Waals surface area contributed by atoms with Gasteiger partial charge in [-0.3, -0.25) is 28.6 Å². The van der Waals surface area contributed by atoms with E-state index in [1.54, 1.807) is 6.08 Å². The third-order valence-electron chi connectivity index (χ3n) is 5.94. The van der Waals surface area contributed by atoms with Crippen molar-refractivity contribution in [1.29, 1.82) is 0 Å². The van der Waals surface area contributed by atoms with E-state index in [-0.39, 0.29) is 36.0 Å². The number of rotatable bonds is 10. The van der Waals surface area contributed by atoms with E-state index in [9.17, 15) is 33.5 Å². The molecule has 0 radical (unpaired) electrons. The standard InChI is InChI=1S/C19H27N7O13P2S/c20-18-23-15-12(16(29)24-18)21-8-26(15)17-13(28)14(10(37-17)7-36-41(34,35)39-40(31,32)33)38-19(30)25-4-1-2-9(6-25)22-11(27)3-5-42/h1,4,8-10,13-14,17,28,42H,2-3,5-7H2,(H,22,27)(H,34,35)(H2,31,32,33)(H3,20,23,24,29)/t9-,10+,13+,14+,17+/m0/s1. The Labute approximate surface area is 241 Å². The molecule has 2 aromatic rings. The Bertz CT molecular complexity index is 1510. The van der Waals surface area contributed by atoms with Gasteiger partial charge in [-0.15, -0.1) is 0 Å². The van der Waals surface area contributed by atoms with Gasteiger partial charge in [0.25, 0.3) is 5.56 Å². The van der Waals surface area contributed by atoms with E-state index < -0.39 is 64.5 Å². The van der Waals surface area contributed by atoms with Gasteiger partial charge in [0, 0.05) is 19.2 Å². The van der Waals surface area contributed by atoms with Crippen LogP contribution in [0.3, 0.4) is 0 Å². The van der Waals surface area contributed by atoms with Gasteiger partial charge >= 0.3 is 21.7 Å². The molecular weight excluding hydrogens is 628 g/mol. The number of nitrogens with zero attached hydrogens (tertiary/aromatic N) is 4. The minimum Gasteiger partial charge on any atom is -0.440 e. The highest BCUT2D eigenvalue weighted by Crippen LogP contribution is 2.57. The number of H-pyrrole nitrogens is 1. The molecule has 0 aliphatic carbocycles. The summed E-state index contributed by atoms with van der Waals surface area (Å²) in [6, 6.07) is -0.455. The number of nitrogens with one attached hydrogen (secondary N) is 2. The number of ether oxygens (including phenoxy) is 2. The molecule has 6 atom stereocenters. The van der Waals surface area contributed by atoms with Gasteiger partial charge < -0.3 is 40.3 Å². The summed E-state index contributed by atoms with van der Waals surface area (Å²) in [7, 11) is -10.8. The molecular formula is C19H27N7O13P2S. The number of phosphoric ester groups is 1. The molecule has 1 unspecified atom stereocenters. The van der Waals surface area contributed by atoms with E-state index in [0.29, 0.717) is 12.2 Å². The van der Waals surface area contributed by atoms with Crippen LogP contribution in [-0.4, -0.2) is 99.5 Å². The average molecular weight is 655 g/mol. The fourth-order valence-electron chi connectivity index (χ4n) is 4.23. The number of hydrogen-bond donors (Lipinski definition) is 8. The maximum atomic E-state index is 13.1. The molecule has 2 amide bonds. The molecule has 1 saturated heterocycles. The molecule has 0 aromatic carbocycles. The summed E-state index contributed by atoms with van der Waals surface area (Å²) >= 11 is 4.01. The summed E-state index contributed by atoms with van der Waals surface area (Å²) in [5, 5.41) is 13.9. The van der Waals surface area contributed by atoms with Crippen LogP contribution in [0.1, 0.15) is 19.1 Å². The maximum Gasteiger partial charge on any atom is 0.481 e. The smallest absolute Gasteiger partial charge is 0.440 e. The zero-order valence-corrected chi connectivity index (χ0v) is 24.0. The van der Waals surface area contributed by atoms with Crippen LogP contribution in [0.4, 0.5) is 10.7 Å². The van der Waals surface area contributed by atoms with Crippen molar-refractivity contribution in [2.75, 3.05) is 24.6 Å². The summed E-state index contributed by atoms with van der Waals surface area (Å²) in [6.45, 7) is -0.970.